The number of hydrogen-bond donors (Lipinski definition) is 1. The normalized spacial score (nSPS) is 12.6. The zero-order chi connectivity index (χ0) is 22.1. The van der Waals surface area contributed by atoms with Crippen molar-refractivity contribution < 1.29 is 14.3 Å². The van der Waals surface area contributed by atoms with Crippen LogP contribution in [0.15, 0.2) is 60.1 Å². The monoisotopic (exact) mass is 444 g/mol. The number of nitrogens with one attached hydrogen (secondary N) is 1. The van der Waals surface area contributed by atoms with E-state index in [1.54, 1.807) is 16.2 Å². The van der Waals surface area contributed by atoms with Gasteiger partial charge in [-0.05, 0) is 31.0 Å². The summed E-state index contributed by atoms with van der Waals surface area (Å²) < 4.78 is 5.33. The van der Waals surface area contributed by atoms with Crippen LogP contribution >= 0.6 is 11.3 Å². The molecule has 1 amide bonds. The number of esters is 1. The van der Waals surface area contributed by atoms with Crippen molar-refractivity contribution in [1.82, 2.24) is 15.2 Å². The number of rotatable bonds is 5. The van der Waals surface area contributed by atoms with Crippen molar-refractivity contribution in [2.24, 2.45) is 0 Å². The summed E-state index contributed by atoms with van der Waals surface area (Å²) in [5.41, 5.74) is 5.63. The van der Waals surface area contributed by atoms with E-state index in [2.05, 4.69) is 21.2 Å². The number of aryl methyl sites for hydroxylation is 1. The molecule has 1 aliphatic heterocycles. The third-order valence-corrected chi connectivity index (χ3v) is 6.21. The van der Waals surface area contributed by atoms with E-state index in [0.29, 0.717) is 17.8 Å². The minimum absolute atomic E-state index is 0.251. The average Bonchev–Trinajstić information content (AvgIpc) is 3.56. The lowest BCUT2D eigenvalue weighted by atomic mass is 10.1. The lowest BCUT2D eigenvalue weighted by Gasteiger charge is -2.17. The predicted molar refractivity (Wildman–Crippen MR) is 123 cm³/mol. The van der Waals surface area contributed by atoms with Gasteiger partial charge in [0.15, 0.2) is 6.61 Å². The van der Waals surface area contributed by atoms with Crippen LogP contribution in [0.1, 0.15) is 20.9 Å². The molecule has 8 heteroatoms. The first kappa shape index (κ1) is 20.1. The van der Waals surface area contributed by atoms with Crippen LogP contribution < -0.4 is 4.90 Å². The fourth-order valence-electron chi connectivity index (χ4n) is 3.86. The van der Waals surface area contributed by atoms with E-state index in [-0.39, 0.29) is 12.5 Å². The van der Waals surface area contributed by atoms with Crippen molar-refractivity contribution in [1.29, 1.82) is 0 Å². The van der Waals surface area contributed by atoms with Crippen molar-refractivity contribution in [3.8, 4) is 22.5 Å². The Morgan fingerprint density at radius 3 is 2.78 bits per heavy atom. The van der Waals surface area contributed by atoms with Crippen molar-refractivity contribution in [2.45, 2.75) is 13.3 Å². The van der Waals surface area contributed by atoms with E-state index in [0.717, 1.165) is 39.5 Å². The number of ether oxygens (including phenoxy) is 1. The first-order valence-corrected chi connectivity index (χ1v) is 11.1. The molecule has 0 spiro atoms. The van der Waals surface area contributed by atoms with E-state index < -0.39 is 5.97 Å². The van der Waals surface area contributed by atoms with Gasteiger partial charge in [-0.1, -0.05) is 36.4 Å². The van der Waals surface area contributed by atoms with Crippen LogP contribution in [0.3, 0.4) is 0 Å². The molecule has 32 heavy (non-hydrogen) atoms. The Kier molecular flexibility index (Phi) is 5.28. The number of aromatic amines is 1. The van der Waals surface area contributed by atoms with Crippen molar-refractivity contribution >= 4 is 28.9 Å². The highest BCUT2D eigenvalue weighted by Crippen LogP contribution is 2.33. The number of aromatic nitrogens is 3. The molecule has 7 nitrogen and oxygen atoms in total. The third-order valence-electron chi connectivity index (χ3n) is 5.44. The smallest absolute Gasteiger partial charge is 0.342 e. The van der Waals surface area contributed by atoms with Gasteiger partial charge >= 0.3 is 5.97 Å². The summed E-state index contributed by atoms with van der Waals surface area (Å²) >= 11 is 1.61. The van der Waals surface area contributed by atoms with Crippen LogP contribution in [-0.4, -0.2) is 40.2 Å². The standard InChI is InChI=1S/C24H20N4O3S/c1-15-26-20(14-32-15)17-7-8-21-18(11-17)9-10-28(21)22(29)13-31-24(30)19-12-25-27-23(19)16-5-3-2-4-6-16/h2-8,11-12,14H,9-10,13H2,1H3,(H,25,27). The molecule has 0 fully saturated rings. The summed E-state index contributed by atoms with van der Waals surface area (Å²) in [5.74, 6) is -0.835. The second-order valence-corrected chi connectivity index (χ2v) is 8.55. The second kappa shape index (κ2) is 8.39. The molecule has 1 aliphatic rings. The zero-order valence-electron chi connectivity index (χ0n) is 17.4. The molecule has 0 radical (unpaired) electrons. The predicted octanol–water partition coefficient (Wildman–Crippen LogP) is 4.25. The van der Waals surface area contributed by atoms with Gasteiger partial charge in [-0.3, -0.25) is 9.89 Å². The van der Waals surface area contributed by atoms with E-state index in [1.165, 1.54) is 6.20 Å². The molecule has 0 atom stereocenters. The van der Waals surface area contributed by atoms with E-state index in [9.17, 15) is 9.59 Å². The summed E-state index contributed by atoms with van der Waals surface area (Å²) in [6.45, 7) is 2.21. The molecule has 1 N–H and O–H groups in total. The number of amides is 1. The summed E-state index contributed by atoms with van der Waals surface area (Å²) in [6, 6.07) is 15.4. The molecule has 5 rings (SSSR count). The lowest BCUT2D eigenvalue weighted by molar-refractivity contribution is -0.121. The maximum atomic E-state index is 12.8. The molecule has 4 aromatic rings. The zero-order valence-corrected chi connectivity index (χ0v) is 18.2. The van der Waals surface area contributed by atoms with Crippen LogP contribution in [0.5, 0.6) is 0 Å². The molecular weight excluding hydrogens is 424 g/mol. The Morgan fingerprint density at radius 2 is 2.00 bits per heavy atom. The number of carbonyl (C=O) groups is 2. The number of H-pyrrole nitrogens is 1. The Bertz CT molecular complexity index is 1300. The van der Waals surface area contributed by atoms with Crippen LogP contribution in [0, 0.1) is 6.92 Å². The van der Waals surface area contributed by atoms with Gasteiger partial charge in [-0.25, -0.2) is 9.78 Å². The molecule has 0 saturated heterocycles. The highest BCUT2D eigenvalue weighted by Gasteiger charge is 2.26. The molecule has 3 heterocycles. The lowest BCUT2D eigenvalue weighted by Crippen LogP contribution is -2.33. The number of carbonyl (C=O) groups excluding carboxylic acids is 2. The van der Waals surface area contributed by atoms with Gasteiger partial charge in [0.2, 0.25) is 0 Å². The highest BCUT2D eigenvalue weighted by atomic mass is 32.1. The summed E-state index contributed by atoms with van der Waals surface area (Å²) in [7, 11) is 0. The molecule has 0 unspecified atom stereocenters. The average molecular weight is 445 g/mol. The topological polar surface area (TPSA) is 88.2 Å². The fourth-order valence-corrected chi connectivity index (χ4v) is 4.49. The molecule has 2 aromatic carbocycles. The quantitative estimate of drug-likeness (QED) is 0.465. The summed E-state index contributed by atoms with van der Waals surface area (Å²) in [5, 5.41) is 9.85. The van der Waals surface area contributed by atoms with Crippen molar-refractivity contribution in [3.05, 3.63) is 76.2 Å². The number of benzene rings is 2. The van der Waals surface area contributed by atoms with Crippen molar-refractivity contribution in [2.75, 3.05) is 18.1 Å². The SMILES string of the molecule is Cc1nc(-c2ccc3c(c2)CCN3C(=O)COC(=O)c2cn[nH]c2-c2ccccc2)cs1. The third kappa shape index (κ3) is 3.80. The highest BCUT2D eigenvalue weighted by molar-refractivity contribution is 7.09. The minimum Gasteiger partial charge on any atom is -0.452 e. The first-order chi connectivity index (χ1) is 15.6. The number of hydrogen-bond acceptors (Lipinski definition) is 6. The Labute approximate surface area is 188 Å². The van der Waals surface area contributed by atoms with Gasteiger partial charge in [-0.2, -0.15) is 5.10 Å². The maximum Gasteiger partial charge on any atom is 0.342 e. The van der Waals surface area contributed by atoms with Crippen LogP contribution in [0.25, 0.3) is 22.5 Å². The van der Waals surface area contributed by atoms with Crippen LogP contribution in [0.2, 0.25) is 0 Å². The Morgan fingerprint density at radius 1 is 1.16 bits per heavy atom. The van der Waals surface area contributed by atoms with Gasteiger partial charge in [0, 0.05) is 28.7 Å². The summed E-state index contributed by atoms with van der Waals surface area (Å²) in [6.07, 6.45) is 2.17. The van der Waals surface area contributed by atoms with E-state index in [4.69, 9.17) is 4.74 Å². The fraction of sp³-hybridized carbons (Fsp3) is 0.167. The van der Waals surface area contributed by atoms with Crippen LogP contribution in [-0.2, 0) is 16.0 Å². The molecule has 0 aliphatic carbocycles. The number of thiazole rings is 1. The number of anilines is 1. The molecular formula is C24H20N4O3S. The van der Waals surface area contributed by atoms with Crippen molar-refractivity contribution in [3.63, 3.8) is 0 Å². The Balaban J connectivity index is 1.27. The van der Waals surface area contributed by atoms with Gasteiger partial charge in [-0.15, -0.1) is 11.3 Å². The summed E-state index contributed by atoms with van der Waals surface area (Å²) in [4.78, 5) is 31.6. The van der Waals surface area contributed by atoms with Gasteiger partial charge in [0.1, 0.15) is 5.56 Å². The molecule has 160 valence electrons. The largest absolute Gasteiger partial charge is 0.452 e. The van der Waals surface area contributed by atoms with Crippen LogP contribution in [0.4, 0.5) is 5.69 Å². The maximum absolute atomic E-state index is 12.8. The first-order valence-electron chi connectivity index (χ1n) is 10.2. The van der Waals surface area contributed by atoms with E-state index in [1.807, 2.05) is 54.8 Å². The number of nitrogens with zero attached hydrogens (tertiary/aromatic N) is 3. The minimum atomic E-state index is -0.584. The van der Waals surface area contributed by atoms with Gasteiger partial charge < -0.3 is 9.64 Å². The van der Waals surface area contributed by atoms with Gasteiger partial charge in [0.25, 0.3) is 5.91 Å². The second-order valence-electron chi connectivity index (χ2n) is 7.49. The molecule has 0 saturated carbocycles. The van der Waals surface area contributed by atoms with E-state index >= 15 is 0 Å². The number of fused-ring (bicyclic) bond motifs is 1. The molecule has 0 bridgehead atoms. The molecule has 2 aromatic heterocycles. The Hall–Kier alpha value is -3.78. The van der Waals surface area contributed by atoms with Gasteiger partial charge in [0.05, 0.1) is 22.6 Å².